The van der Waals surface area contributed by atoms with Gasteiger partial charge in [-0.05, 0) is 30.7 Å². The van der Waals surface area contributed by atoms with E-state index >= 15 is 0 Å². The van der Waals surface area contributed by atoms with E-state index in [1.165, 1.54) is 6.07 Å². The van der Waals surface area contributed by atoms with Gasteiger partial charge in [0, 0.05) is 16.6 Å². The van der Waals surface area contributed by atoms with Crippen molar-refractivity contribution in [2.24, 2.45) is 0 Å². The lowest BCUT2D eigenvalue weighted by Crippen LogP contribution is -2.24. The molecule has 1 aromatic rings. The molecule has 2 rings (SSSR count). The molecule has 1 nitrogen and oxygen atoms in total. The first-order chi connectivity index (χ1) is 5.77. The van der Waals surface area contributed by atoms with E-state index in [0.29, 0.717) is 6.54 Å². The number of rotatable bonds is 0. The Morgan fingerprint density at radius 3 is 2.92 bits per heavy atom. The average molecular weight is 267 g/mol. The molecular formula is C9H10BrClFN. The van der Waals surface area contributed by atoms with Crippen LogP contribution in [0.25, 0.3) is 0 Å². The maximum Gasteiger partial charge on any atom is 0.129 e. The smallest absolute Gasteiger partial charge is 0.129 e. The molecular weight excluding hydrogens is 256 g/mol. The van der Waals surface area contributed by atoms with E-state index < -0.39 is 0 Å². The molecule has 0 saturated carbocycles. The molecule has 0 aliphatic carbocycles. The van der Waals surface area contributed by atoms with Crippen molar-refractivity contribution in [1.29, 1.82) is 0 Å². The third kappa shape index (κ3) is 2.22. The van der Waals surface area contributed by atoms with Crippen LogP contribution in [0.15, 0.2) is 16.6 Å². The lowest BCUT2D eigenvalue weighted by molar-refractivity contribution is 0.562. The van der Waals surface area contributed by atoms with Crippen molar-refractivity contribution in [3.05, 3.63) is 33.5 Å². The second kappa shape index (κ2) is 4.40. The summed E-state index contributed by atoms with van der Waals surface area (Å²) in [5.41, 5.74) is 1.95. The van der Waals surface area contributed by atoms with Gasteiger partial charge in [-0.15, -0.1) is 12.4 Å². The van der Waals surface area contributed by atoms with Gasteiger partial charge in [-0.2, -0.15) is 0 Å². The Labute approximate surface area is 91.3 Å². The second-order valence-electron chi connectivity index (χ2n) is 2.95. The van der Waals surface area contributed by atoms with Gasteiger partial charge < -0.3 is 5.32 Å². The van der Waals surface area contributed by atoms with Crippen molar-refractivity contribution in [1.82, 2.24) is 5.32 Å². The van der Waals surface area contributed by atoms with Gasteiger partial charge in [0.15, 0.2) is 0 Å². The summed E-state index contributed by atoms with van der Waals surface area (Å²) in [7, 11) is 0. The van der Waals surface area contributed by atoms with Gasteiger partial charge >= 0.3 is 0 Å². The summed E-state index contributed by atoms with van der Waals surface area (Å²) >= 11 is 3.28. The lowest BCUT2D eigenvalue weighted by Gasteiger charge is -2.17. The maximum absolute atomic E-state index is 13.3. The molecule has 1 heterocycles. The first kappa shape index (κ1) is 11.0. The Bertz CT molecular complexity index is 317. The van der Waals surface area contributed by atoms with Crippen molar-refractivity contribution in [2.75, 3.05) is 6.54 Å². The predicted octanol–water partition coefficient (Wildman–Crippen LogP) is 2.66. The van der Waals surface area contributed by atoms with Crippen molar-refractivity contribution in [3.63, 3.8) is 0 Å². The SMILES string of the molecule is Cl.Fc1cc(Br)cc2c1CNCC2. The maximum atomic E-state index is 13.3. The van der Waals surface area contributed by atoms with Crippen molar-refractivity contribution < 1.29 is 4.39 Å². The van der Waals surface area contributed by atoms with Gasteiger partial charge in [0.05, 0.1) is 0 Å². The summed E-state index contributed by atoms with van der Waals surface area (Å²) < 4.78 is 14.1. The Morgan fingerprint density at radius 2 is 2.15 bits per heavy atom. The zero-order valence-electron chi connectivity index (χ0n) is 6.94. The Balaban J connectivity index is 0.000000845. The van der Waals surface area contributed by atoms with E-state index in [-0.39, 0.29) is 18.2 Å². The van der Waals surface area contributed by atoms with Crippen LogP contribution in [0.2, 0.25) is 0 Å². The normalized spacial score (nSPS) is 14.6. The zero-order valence-corrected chi connectivity index (χ0v) is 9.34. The molecule has 13 heavy (non-hydrogen) atoms. The van der Waals surface area contributed by atoms with Gasteiger partial charge in [-0.25, -0.2) is 4.39 Å². The van der Waals surface area contributed by atoms with Crippen LogP contribution in [0.3, 0.4) is 0 Å². The first-order valence-electron chi connectivity index (χ1n) is 3.95. The quantitative estimate of drug-likeness (QED) is 0.761. The molecule has 0 radical (unpaired) electrons. The highest BCUT2D eigenvalue weighted by atomic mass is 79.9. The van der Waals surface area contributed by atoms with Crippen LogP contribution in [0, 0.1) is 5.82 Å². The summed E-state index contributed by atoms with van der Waals surface area (Å²) in [5, 5.41) is 3.15. The number of benzene rings is 1. The van der Waals surface area contributed by atoms with Gasteiger partial charge in [0.25, 0.3) is 0 Å². The largest absolute Gasteiger partial charge is 0.312 e. The van der Waals surface area contributed by atoms with Gasteiger partial charge in [0.2, 0.25) is 0 Å². The summed E-state index contributed by atoms with van der Waals surface area (Å²) in [6.07, 6.45) is 0.922. The highest BCUT2D eigenvalue weighted by Crippen LogP contribution is 2.22. The zero-order chi connectivity index (χ0) is 8.55. The van der Waals surface area contributed by atoms with E-state index in [1.54, 1.807) is 0 Å². The molecule has 0 aromatic heterocycles. The third-order valence-electron chi connectivity index (χ3n) is 2.13. The lowest BCUT2D eigenvalue weighted by atomic mass is 10.0. The molecule has 4 heteroatoms. The number of halogens is 3. The molecule has 0 amide bonds. The topological polar surface area (TPSA) is 12.0 Å². The van der Waals surface area contributed by atoms with Gasteiger partial charge in [-0.3, -0.25) is 0 Å². The highest BCUT2D eigenvalue weighted by molar-refractivity contribution is 9.10. The minimum Gasteiger partial charge on any atom is -0.312 e. The van der Waals surface area contributed by atoms with E-state index in [1.807, 2.05) is 6.07 Å². The molecule has 0 spiro atoms. The van der Waals surface area contributed by atoms with Crippen LogP contribution in [0.5, 0.6) is 0 Å². The van der Waals surface area contributed by atoms with Crippen molar-refractivity contribution >= 4 is 28.3 Å². The fourth-order valence-corrected chi connectivity index (χ4v) is 1.99. The van der Waals surface area contributed by atoms with Crippen molar-refractivity contribution in [2.45, 2.75) is 13.0 Å². The molecule has 1 aliphatic rings. The van der Waals surface area contributed by atoms with Crippen LogP contribution in [0.1, 0.15) is 11.1 Å². The summed E-state index contributed by atoms with van der Waals surface area (Å²) in [4.78, 5) is 0. The van der Waals surface area contributed by atoms with E-state index in [0.717, 1.165) is 28.6 Å². The predicted molar refractivity (Wildman–Crippen MR) is 56.8 cm³/mol. The molecule has 1 aromatic carbocycles. The fourth-order valence-electron chi connectivity index (χ4n) is 1.51. The molecule has 72 valence electrons. The highest BCUT2D eigenvalue weighted by Gasteiger charge is 2.13. The van der Waals surface area contributed by atoms with Crippen LogP contribution < -0.4 is 5.32 Å². The van der Waals surface area contributed by atoms with Gasteiger partial charge in [-0.1, -0.05) is 15.9 Å². The van der Waals surface area contributed by atoms with E-state index in [2.05, 4.69) is 21.2 Å². The summed E-state index contributed by atoms with van der Waals surface area (Å²) in [6, 6.07) is 3.52. The fraction of sp³-hybridized carbons (Fsp3) is 0.333. The summed E-state index contributed by atoms with van der Waals surface area (Å²) in [5.74, 6) is -0.105. The van der Waals surface area contributed by atoms with Crippen LogP contribution in [0.4, 0.5) is 4.39 Å². The molecule has 1 aliphatic heterocycles. The summed E-state index contributed by atoms with van der Waals surface area (Å²) in [6.45, 7) is 1.61. The van der Waals surface area contributed by atoms with Crippen molar-refractivity contribution in [3.8, 4) is 0 Å². The Hall–Kier alpha value is -0.120. The number of fused-ring (bicyclic) bond motifs is 1. The van der Waals surface area contributed by atoms with Crippen LogP contribution in [-0.4, -0.2) is 6.54 Å². The minimum absolute atomic E-state index is 0. The molecule has 0 bridgehead atoms. The van der Waals surface area contributed by atoms with E-state index in [4.69, 9.17) is 0 Å². The van der Waals surface area contributed by atoms with E-state index in [9.17, 15) is 4.39 Å². The van der Waals surface area contributed by atoms with Gasteiger partial charge in [0.1, 0.15) is 5.82 Å². The number of nitrogens with one attached hydrogen (secondary N) is 1. The van der Waals surface area contributed by atoms with Crippen LogP contribution >= 0.6 is 28.3 Å². The Kier molecular flexibility index (Phi) is 3.71. The molecule has 1 N–H and O–H groups in total. The molecule has 0 fully saturated rings. The number of hydrogen-bond acceptors (Lipinski definition) is 1. The molecule has 0 unspecified atom stereocenters. The Morgan fingerprint density at radius 1 is 1.38 bits per heavy atom. The minimum atomic E-state index is -0.105. The monoisotopic (exact) mass is 265 g/mol. The standard InChI is InChI=1S/C9H9BrFN.ClH/c10-7-3-6-1-2-12-5-8(6)9(11)4-7;/h3-4,12H,1-2,5H2;1H. The average Bonchev–Trinajstić information content (AvgIpc) is 2.04. The third-order valence-corrected chi connectivity index (χ3v) is 2.58. The van der Waals surface area contributed by atoms with Crippen LogP contribution in [-0.2, 0) is 13.0 Å². The first-order valence-corrected chi connectivity index (χ1v) is 4.74. The number of hydrogen-bond donors (Lipinski definition) is 1. The second-order valence-corrected chi connectivity index (χ2v) is 3.87. The molecule has 0 saturated heterocycles. The molecule has 0 atom stereocenters.